The zero-order chi connectivity index (χ0) is 23.3. The van der Waals surface area contributed by atoms with Crippen LogP contribution in [0.2, 0.25) is 0 Å². The quantitative estimate of drug-likeness (QED) is 0.534. The number of benzene rings is 3. The maximum absolute atomic E-state index is 14.1. The second-order valence-corrected chi connectivity index (χ2v) is 9.90. The lowest BCUT2D eigenvalue weighted by molar-refractivity contribution is -0.126. The minimum absolute atomic E-state index is 0.155. The third-order valence-corrected chi connectivity index (χ3v) is 7.71. The Hall–Kier alpha value is -3.23. The van der Waals surface area contributed by atoms with Gasteiger partial charge in [-0.2, -0.15) is 4.31 Å². The monoisotopic (exact) mass is 467 g/mol. The van der Waals surface area contributed by atoms with Crippen molar-refractivity contribution in [1.29, 1.82) is 0 Å². The molecular weight excluding hydrogens is 441 g/mol. The number of nitrogens with one attached hydrogen (secondary N) is 1. The number of amides is 1. The van der Waals surface area contributed by atoms with Gasteiger partial charge in [-0.25, -0.2) is 12.8 Å². The minimum Gasteiger partial charge on any atom is -0.281 e. The molecule has 4 rings (SSSR count). The number of hydrazine groups is 1. The SMILES string of the molecule is O=C(NN(Cc1ccccc1)c1ccccc1)C1CCN(S(=O)(=O)c2ccccc2F)CC1. The highest BCUT2D eigenvalue weighted by Crippen LogP contribution is 2.26. The van der Waals surface area contributed by atoms with Crippen LogP contribution in [-0.4, -0.2) is 31.7 Å². The molecule has 172 valence electrons. The van der Waals surface area contributed by atoms with Gasteiger partial charge in [-0.1, -0.05) is 60.7 Å². The van der Waals surface area contributed by atoms with E-state index in [1.54, 1.807) is 5.01 Å². The summed E-state index contributed by atoms with van der Waals surface area (Å²) in [5.74, 6) is -1.26. The summed E-state index contributed by atoms with van der Waals surface area (Å²) < 4.78 is 41.0. The molecule has 0 aromatic heterocycles. The molecule has 0 atom stereocenters. The fourth-order valence-corrected chi connectivity index (χ4v) is 5.48. The summed E-state index contributed by atoms with van der Waals surface area (Å²) in [6.45, 7) is 0.828. The van der Waals surface area contributed by atoms with Crippen LogP contribution >= 0.6 is 0 Å². The highest BCUT2D eigenvalue weighted by molar-refractivity contribution is 7.89. The topological polar surface area (TPSA) is 69.7 Å². The first-order chi connectivity index (χ1) is 15.9. The molecule has 3 aromatic rings. The van der Waals surface area contributed by atoms with Gasteiger partial charge >= 0.3 is 0 Å². The Morgan fingerprint density at radius 2 is 1.48 bits per heavy atom. The molecule has 1 aliphatic heterocycles. The van der Waals surface area contributed by atoms with Crippen LogP contribution in [0.5, 0.6) is 0 Å². The Morgan fingerprint density at radius 1 is 0.909 bits per heavy atom. The van der Waals surface area contributed by atoms with E-state index in [4.69, 9.17) is 0 Å². The van der Waals surface area contributed by atoms with Gasteiger partial charge in [0.05, 0.1) is 12.2 Å². The van der Waals surface area contributed by atoms with Gasteiger partial charge in [0.15, 0.2) is 0 Å². The van der Waals surface area contributed by atoms with Crippen molar-refractivity contribution >= 4 is 21.6 Å². The highest BCUT2D eigenvalue weighted by Gasteiger charge is 2.33. The summed E-state index contributed by atoms with van der Waals surface area (Å²) in [6.07, 6.45) is 0.737. The van der Waals surface area contributed by atoms with E-state index in [9.17, 15) is 17.6 Å². The molecule has 8 heteroatoms. The molecule has 33 heavy (non-hydrogen) atoms. The summed E-state index contributed by atoms with van der Waals surface area (Å²) in [5.41, 5.74) is 4.92. The van der Waals surface area contributed by atoms with Crippen molar-refractivity contribution < 1.29 is 17.6 Å². The third kappa shape index (κ3) is 5.40. The lowest BCUT2D eigenvalue weighted by Crippen LogP contribution is -2.48. The van der Waals surface area contributed by atoms with E-state index in [0.717, 1.165) is 17.3 Å². The first-order valence-corrected chi connectivity index (χ1v) is 12.3. The molecule has 0 unspecified atom stereocenters. The Morgan fingerprint density at radius 3 is 2.12 bits per heavy atom. The molecule has 1 saturated heterocycles. The van der Waals surface area contributed by atoms with E-state index in [-0.39, 0.29) is 29.8 Å². The van der Waals surface area contributed by atoms with Crippen molar-refractivity contribution in [2.75, 3.05) is 18.1 Å². The van der Waals surface area contributed by atoms with Gasteiger partial charge in [-0.05, 0) is 42.7 Å². The minimum atomic E-state index is -3.93. The standard InChI is InChI=1S/C25H26FN3O3S/c26-23-13-7-8-14-24(23)33(31,32)28-17-15-21(16-18-28)25(30)27-29(22-11-5-2-6-12-22)19-20-9-3-1-4-10-20/h1-14,21H,15-19H2,(H,27,30). The third-order valence-electron chi connectivity index (χ3n) is 5.78. The fourth-order valence-electron chi connectivity index (χ4n) is 3.94. The predicted molar refractivity (Wildman–Crippen MR) is 125 cm³/mol. The van der Waals surface area contributed by atoms with Crippen molar-refractivity contribution in [1.82, 2.24) is 9.73 Å². The average molecular weight is 468 g/mol. The van der Waals surface area contributed by atoms with Crippen molar-refractivity contribution in [2.24, 2.45) is 5.92 Å². The van der Waals surface area contributed by atoms with Crippen LogP contribution in [0.15, 0.2) is 89.8 Å². The van der Waals surface area contributed by atoms with Crippen molar-refractivity contribution in [3.63, 3.8) is 0 Å². The number of hydrogen-bond donors (Lipinski definition) is 1. The molecule has 0 saturated carbocycles. The van der Waals surface area contributed by atoms with Gasteiger partial charge < -0.3 is 0 Å². The number of para-hydroxylation sites is 1. The van der Waals surface area contributed by atoms with Crippen LogP contribution in [0.4, 0.5) is 10.1 Å². The maximum Gasteiger partial charge on any atom is 0.245 e. The van der Waals surface area contributed by atoms with Crippen LogP contribution < -0.4 is 10.4 Å². The number of rotatable bonds is 7. The molecule has 0 bridgehead atoms. The summed E-state index contributed by atoms with van der Waals surface area (Å²) in [7, 11) is -3.93. The van der Waals surface area contributed by atoms with Crippen LogP contribution in [0, 0.1) is 11.7 Å². The molecule has 1 fully saturated rings. The Labute approximate surface area is 193 Å². The largest absolute Gasteiger partial charge is 0.281 e. The summed E-state index contributed by atoms with van der Waals surface area (Å²) >= 11 is 0. The fraction of sp³-hybridized carbons (Fsp3) is 0.240. The molecule has 0 aliphatic carbocycles. The number of piperidine rings is 1. The van der Waals surface area contributed by atoms with Crippen molar-refractivity contribution in [3.8, 4) is 0 Å². The summed E-state index contributed by atoms with van der Waals surface area (Å²) in [6, 6.07) is 24.8. The Balaban J connectivity index is 1.42. The lowest BCUT2D eigenvalue weighted by atomic mass is 9.97. The normalized spacial score (nSPS) is 15.2. The van der Waals surface area contributed by atoms with Crippen molar-refractivity contribution in [2.45, 2.75) is 24.3 Å². The van der Waals surface area contributed by atoms with Crippen LogP contribution in [0.1, 0.15) is 18.4 Å². The van der Waals surface area contributed by atoms with Gasteiger partial charge in [-0.3, -0.25) is 15.2 Å². The first kappa shape index (κ1) is 22.9. The number of anilines is 1. The molecule has 1 N–H and O–H groups in total. The van der Waals surface area contributed by atoms with E-state index in [1.165, 1.54) is 22.5 Å². The lowest BCUT2D eigenvalue weighted by Gasteiger charge is -2.33. The van der Waals surface area contributed by atoms with Crippen LogP contribution in [-0.2, 0) is 21.4 Å². The molecule has 3 aromatic carbocycles. The number of carbonyl (C=O) groups is 1. The molecular formula is C25H26FN3O3S. The molecule has 6 nitrogen and oxygen atoms in total. The second kappa shape index (κ2) is 10.1. The van der Waals surface area contributed by atoms with Gasteiger partial charge in [0, 0.05) is 19.0 Å². The van der Waals surface area contributed by atoms with E-state index < -0.39 is 15.8 Å². The molecule has 1 heterocycles. The van der Waals surface area contributed by atoms with Crippen LogP contribution in [0.25, 0.3) is 0 Å². The van der Waals surface area contributed by atoms with E-state index in [0.29, 0.717) is 19.4 Å². The first-order valence-electron chi connectivity index (χ1n) is 10.9. The zero-order valence-electron chi connectivity index (χ0n) is 18.1. The van der Waals surface area contributed by atoms with E-state index in [1.807, 2.05) is 60.7 Å². The Kier molecular flexibility index (Phi) is 7.05. The Bertz CT molecular complexity index is 1180. The molecule has 0 radical (unpaired) electrons. The van der Waals surface area contributed by atoms with E-state index >= 15 is 0 Å². The molecule has 1 amide bonds. The highest BCUT2D eigenvalue weighted by atomic mass is 32.2. The molecule has 0 spiro atoms. The van der Waals surface area contributed by atoms with Crippen LogP contribution in [0.3, 0.4) is 0 Å². The zero-order valence-corrected chi connectivity index (χ0v) is 18.9. The van der Waals surface area contributed by atoms with Gasteiger partial charge in [0.25, 0.3) is 0 Å². The van der Waals surface area contributed by atoms with E-state index in [2.05, 4.69) is 5.43 Å². The average Bonchev–Trinajstić information content (AvgIpc) is 2.85. The summed E-state index contributed by atoms with van der Waals surface area (Å²) in [4.78, 5) is 12.7. The van der Waals surface area contributed by atoms with Gasteiger partial charge in [0.2, 0.25) is 15.9 Å². The van der Waals surface area contributed by atoms with Gasteiger partial charge in [0.1, 0.15) is 10.7 Å². The number of carbonyl (C=O) groups excluding carboxylic acids is 1. The van der Waals surface area contributed by atoms with Crippen molar-refractivity contribution in [3.05, 3.63) is 96.3 Å². The maximum atomic E-state index is 14.1. The second-order valence-electron chi connectivity index (χ2n) is 7.99. The van der Waals surface area contributed by atoms with Gasteiger partial charge in [-0.15, -0.1) is 0 Å². The number of halogens is 1. The molecule has 1 aliphatic rings. The summed E-state index contributed by atoms with van der Waals surface area (Å²) in [5, 5.41) is 1.81. The predicted octanol–water partition coefficient (Wildman–Crippen LogP) is 3.96. The number of sulfonamides is 1. The number of nitrogens with zero attached hydrogens (tertiary/aromatic N) is 2. The number of hydrogen-bond acceptors (Lipinski definition) is 4. The smallest absolute Gasteiger partial charge is 0.245 e.